The molecule has 0 aromatic rings. The molecule has 2 aliphatic rings. The molecule has 0 aromatic carbocycles. The molecule has 0 bridgehead atoms. The number of hydrogen-bond donors (Lipinski definition) is 1. The number of likely N-dealkylation sites (N-methyl/N-ethyl adjacent to an activating group) is 1. The number of hydrogen-bond acceptors (Lipinski definition) is 4. The molecule has 0 spiro atoms. The molecule has 2 fully saturated rings. The standard InChI is InChI=1S/C13H26N4O/c1-15-6-8-16(9-7-15)10-13-2-4-17(5-3-13)11-14-12-18/h12-13H,2-11H2,1H3,(H,14,18). The summed E-state index contributed by atoms with van der Waals surface area (Å²) in [6, 6.07) is 0. The molecule has 5 nitrogen and oxygen atoms in total. The number of rotatable bonds is 5. The average Bonchev–Trinajstić information content (AvgIpc) is 2.41. The van der Waals surface area contributed by atoms with E-state index in [4.69, 9.17) is 0 Å². The van der Waals surface area contributed by atoms with E-state index in [0.717, 1.165) is 25.4 Å². The lowest BCUT2D eigenvalue weighted by molar-refractivity contribution is -0.110. The Bertz CT molecular complexity index is 245. The van der Waals surface area contributed by atoms with E-state index in [0.29, 0.717) is 6.67 Å². The molecule has 1 amide bonds. The summed E-state index contributed by atoms with van der Waals surface area (Å²) in [7, 11) is 2.20. The van der Waals surface area contributed by atoms with Gasteiger partial charge in [0.1, 0.15) is 0 Å². The quantitative estimate of drug-likeness (QED) is 0.681. The number of carbonyl (C=O) groups excluding carboxylic acids is 1. The highest BCUT2D eigenvalue weighted by Crippen LogP contribution is 2.18. The van der Waals surface area contributed by atoms with E-state index in [1.807, 2.05) is 0 Å². The smallest absolute Gasteiger partial charge is 0.208 e. The number of carbonyl (C=O) groups is 1. The average molecular weight is 254 g/mol. The fraction of sp³-hybridized carbons (Fsp3) is 0.923. The lowest BCUT2D eigenvalue weighted by atomic mass is 9.96. The minimum absolute atomic E-state index is 0.713. The Hall–Kier alpha value is -0.650. The highest BCUT2D eigenvalue weighted by atomic mass is 16.1. The van der Waals surface area contributed by atoms with Gasteiger partial charge in [0.05, 0.1) is 6.67 Å². The van der Waals surface area contributed by atoms with Gasteiger partial charge in [-0.2, -0.15) is 0 Å². The molecule has 1 N–H and O–H groups in total. The van der Waals surface area contributed by atoms with Crippen molar-refractivity contribution in [2.75, 3.05) is 59.5 Å². The maximum absolute atomic E-state index is 10.3. The van der Waals surface area contributed by atoms with Crippen molar-refractivity contribution in [2.45, 2.75) is 12.8 Å². The molecule has 0 saturated carbocycles. The summed E-state index contributed by atoms with van der Waals surface area (Å²) < 4.78 is 0. The van der Waals surface area contributed by atoms with E-state index >= 15 is 0 Å². The van der Waals surface area contributed by atoms with Crippen LogP contribution in [0.15, 0.2) is 0 Å². The zero-order chi connectivity index (χ0) is 12.8. The summed E-state index contributed by atoms with van der Waals surface area (Å²) in [5.74, 6) is 0.848. The molecule has 104 valence electrons. The summed E-state index contributed by atoms with van der Waals surface area (Å²) in [5, 5.41) is 2.75. The van der Waals surface area contributed by atoms with Gasteiger partial charge in [-0.05, 0) is 25.8 Å². The number of piperazine rings is 1. The van der Waals surface area contributed by atoms with Gasteiger partial charge in [0.15, 0.2) is 0 Å². The van der Waals surface area contributed by atoms with Crippen molar-refractivity contribution < 1.29 is 4.79 Å². The van der Waals surface area contributed by atoms with E-state index in [1.165, 1.54) is 45.6 Å². The number of amides is 1. The second-order valence-electron chi connectivity index (χ2n) is 5.65. The second-order valence-corrected chi connectivity index (χ2v) is 5.65. The zero-order valence-corrected chi connectivity index (χ0v) is 11.5. The van der Waals surface area contributed by atoms with E-state index < -0.39 is 0 Å². The summed E-state index contributed by atoms with van der Waals surface area (Å²) in [6.07, 6.45) is 3.33. The molecule has 2 heterocycles. The lowest BCUT2D eigenvalue weighted by Gasteiger charge is -2.37. The van der Waals surface area contributed by atoms with Crippen molar-refractivity contribution >= 4 is 6.41 Å². The molecule has 2 rings (SSSR count). The summed E-state index contributed by atoms with van der Waals surface area (Å²) in [4.78, 5) is 17.6. The first-order chi connectivity index (χ1) is 8.78. The zero-order valence-electron chi connectivity index (χ0n) is 11.5. The first-order valence-electron chi connectivity index (χ1n) is 7.08. The highest BCUT2D eigenvalue weighted by Gasteiger charge is 2.22. The molecule has 2 aliphatic heterocycles. The Labute approximate surface area is 110 Å². The van der Waals surface area contributed by atoms with Crippen LogP contribution in [-0.4, -0.2) is 80.6 Å². The fourth-order valence-electron chi connectivity index (χ4n) is 2.89. The molecule has 0 aromatic heterocycles. The minimum Gasteiger partial charge on any atom is -0.346 e. The van der Waals surface area contributed by atoms with Crippen molar-refractivity contribution in [3.05, 3.63) is 0 Å². The van der Waals surface area contributed by atoms with E-state index in [2.05, 4.69) is 27.1 Å². The maximum atomic E-state index is 10.3. The summed E-state index contributed by atoms with van der Waals surface area (Å²) in [5.41, 5.74) is 0. The second kappa shape index (κ2) is 7.07. The van der Waals surface area contributed by atoms with Crippen LogP contribution in [0.3, 0.4) is 0 Å². The topological polar surface area (TPSA) is 38.8 Å². The van der Waals surface area contributed by atoms with E-state index in [1.54, 1.807) is 0 Å². The predicted octanol–water partition coefficient (Wildman–Crippen LogP) is -0.351. The molecular formula is C13H26N4O. The van der Waals surface area contributed by atoms with Crippen LogP contribution in [0.1, 0.15) is 12.8 Å². The van der Waals surface area contributed by atoms with Crippen LogP contribution in [0.5, 0.6) is 0 Å². The van der Waals surface area contributed by atoms with Gasteiger partial charge in [0.25, 0.3) is 0 Å². The third-order valence-electron chi connectivity index (χ3n) is 4.22. The SMILES string of the molecule is CN1CCN(CC2CCN(CNC=O)CC2)CC1. The van der Waals surface area contributed by atoms with Crippen molar-refractivity contribution in [3.63, 3.8) is 0 Å². The van der Waals surface area contributed by atoms with Gasteiger partial charge in [0, 0.05) is 45.8 Å². The molecule has 0 unspecified atom stereocenters. The Balaban J connectivity index is 1.62. The molecule has 18 heavy (non-hydrogen) atoms. The number of nitrogens with one attached hydrogen (secondary N) is 1. The third-order valence-corrected chi connectivity index (χ3v) is 4.22. The van der Waals surface area contributed by atoms with Crippen LogP contribution >= 0.6 is 0 Å². The Kier molecular flexibility index (Phi) is 5.41. The molecule has 5 heteroatoms. The summed E-state index contributed by atoms with van der Waals surface area (Å²) in [6.45, 7) is 9.10. The Morgan fingerprint density at radius 3 is 2.33 bits per heavy atom. The largest absolute Gasteiger partial charge is 0.346 e. The van der Waals surface area contributed by atoms with Gasteiger partial charge < -0.3 is 15.1 Å². The Morgan fingerprint density at radius 1 is 1.06 bits per heavy atom. The predicted molar refractivity (Wildman–Crippen MR) is 72.3 cm³/mol. The highest BCUT2D eigenvalue weighted by molar-refractivity contribution is 5.45. The maximum Gasteiger partial charge on any atom is 0.208 e. The van der Waals surface area contributed by atoms with Crippen LogP contribution in [0, 0.1) is 5.92 Å². The van der Waals surface area contributed by atoms with Crippen molar-refractivity contribution in [3.8, 4) is 0 Å². The van der Waals surface area contributed by atoms with E-state index in [-0.39, 0.29) is 0 Å². The van der Waals surface area contributed by atoms with Gasteiger partial charge in [-0.15, -0.1) is 0 Å². The third kappa shape index (κ3) is 4.23. The summed E-state index contributed by atoms with van der Waals surface area (Å²) >= 11 is 0. The molecular weight excluding hydrogens is 228 g/mol. The van der Waals surface area contributed by atoms with Crippen LogP contribution in [-0.2, 0) is 4.79 Å². The first-order valence-corrected chi connectivity index (χ1v) is 7.08. The van der Waals surface area contributed by atoms with Crippen molar-refractivity contribution in [1.82, 2.24) is 20.0 Å². The van der Waals surface area contributed by atoms with Gasteiger partial charge >= 0.3 is 0 Å². The monoisotopic (exact) mass is 254 g/mol. The number of piperidine rings is 1. The van der Waals surface area contributed by atoms with E-state index in [9.17, 15) is 4.79 Å². The van der Waals surface area contributed by atoms with Crippen LogP contribution in [0.25, 0.3) is 0 Å². The number of likely N-dealkylation sites (tertiary alicyclic amines) is 1. The molecule has 0 aliphatic carbocycles. The molecule has 0 atom stereocenters. The Morgan fingerprint density at radius 2 is 1.72 bits per heavy atom. The van der Waals surface area contributed by atoms with Gasteiger partial charge in [-0.25, -0.2) is 0 Å². The van der Waals surface area contributed by atoms with Crippen molar-refractivity contribution in [2.24, 2.45) is 5.92 Å². The normalized spacial score (nSPS) is 25.2. The van der Waals surface area contributed by atoms with Crippen molar-refractivity contribution in [1.29, 1.82) is 0 Å². The molecule has 0 radical (unpaired) electrons. The van der Waals surface area contributed by atoms with Crippen LogP contribution in [0.4, 0.5) is 0 Å². The number of nitrogens with zero attached hydrogens (tertiary/aromatic N) is 3. The van der Waals surface area contributed by atoms with Gasteiger partial charge in [0.2, 0.25) is 6.41 Å². The first kappa shape index (κ1) is 13.8. The van der Waals surface area contributed by atoms with Crippen LogP contribution in [0.2, 0.25) is 0 Å². The minimum atomic E-state index is 0.713. The van der Waals surface area contributed by atoms with Gasteiger partial charge in [-0.1, -0.05) is 0 Å². The van der Waals surface area contributed by atoms with Crippen LogP contribution < -0.4 is 5.32 Å². The lowest BCUT2D eigenvalue weighted by Crippen LogP contribution is -2.48. The fourth-order valence-corrected chi connectivity index (χ4v) is 2.89. The van der Waals surface area contributed by atoms with Gasteiger partial charge in [-0.3, -0.25) is 9.69 Å². The molecule has 2 saturated heterocycles.